The molecule has 1 fully saturated rings. The number of nitrogens with one attached hydrogen (secondary N) is 1. The van der Waals surface area contributed by atoms with E-state index < -0.39 is 76.7 Å². The first-order valence-electron chi connectivity index (χ1n) is 8.09. The van der Waals surface area contributed by atoms with Crippen LogP contribution in [0.2, 0.25) is 0 Å². The molecule has 1 aliphatic rings. The van der Waals surface area contributed by atoms with E-state index in [1.165, 1.54) is 0 Å². The summed E-state index contributed by atoms with van der Waals surface area (Å²) in [6, 6.07) is 0. The van der Waals surface area contributed by atoms with Crippen LogP contribution in [0.1, 0.15) is 13.2 Å². The van der Waals surface area contributed by atoms with Gasteiger partial charge in [0.1, 0.15) is 18.3 Å². The van der Waals surface area contributed by atoms with E-state index in [4.69, 9.17) is 4.74 Å². The van der Waals surface area contributed by atoms with Gasteiger partial charge in [-0.2, -0.15) is 4.39 Å². The van der Waals surface area contributed by atoms with Crippen molar-refractivity contribution < 1.29 is 66.9 Å². The van der Waals surface area contributed by atoms with Gasteiger partial charge in [0.25, 0.3) is 10.6 Å². The lowest BCUT2D eigenvalue weighted by atomic mass is 10.1. The number of aromatic amines is 1. The van der Waals surface area contributed by atoms with Crippen molar-refractivity contribution in [2.24, 2.45) is 0 Å². The number of phosphoric ester groups is 1. The van der Waals surface area contributed by atoms with Gasteiger partial charge >= 0.3 is 21.1 Å². The molecule has 184 valence electrons. The van der Waals surface area contributed by atoms with Gasteiger partial charge in [-0.1, -0.05) is 0 Å². The van der Waals surface area contributed by atoms with E-state index in [9.17, 15) is 62.9 Å². The number of aliphatic hydroxyl groups excluding tert-OH is 2. The lowest BCUT2D eigenvalue weighted by Gasteiger charge is -2.51. The third-order valence-corrected chi connectivity index (χ3v) is 9.99. The van der Waals surface area contributed by atoms with Gasteiger partial charge in [0.15, 0.2) is 6.23 Å². The molecule has 17 nitrogen and oxygen atoms in total. The average Bonchev–Trinajstić information content (AvgIpc) is 2.89. The zero-order valence-corrected chi connectivity index (χ0v) is 18.3. The smallest absolute Gasteiger partial charge is 0.479 e. The van der Waals surface area contributed by atoms with Crippen LogP contribution in [0.15, 0.2) is 15.8 Å². The van der Waals surface area contributed by atoms with Crippen LogP contribution in [0.25, 0.3) is 0 Å². The lowest BCUT2D eigenvalue weighted by Crippen LogP contribution is -2.48. The van der Waals surface area contributed by atoms with Crippen LogP contribution in [-0.4, -0.2) is 64.7 Å². The predicted molar refractivity (Wildman–Crippen MR) is 91.4 cm³/mol. The quantitative estimate of drug-likeness (QED) is 0.172. The second-order valence-corrected chi connectivity index (χ2v) is 12.5. The first kappa shape index (κ1) is 27.3. The fourth-order valence-electron chi connectivity index (χ4n) is 2.31. The molecular formula is C11H16FN2O15P3-2. The van der Waals surface area contributed by atoms with Gasteiger partial charge in [0.2, 0.25) is 5.82 Å². The zero-order valence-electron chi connectivity index (χ0n) is 15.6. The number of rotatable bonds is 8. The Kier molecular flexibility index (Phi) is 7.69. The van der Waals surface area contributed by atoms with Crippen LogP contribution in [0.3, 0.4) is 0 Å². The van der Waals surface area contributed by atoms with E-state index in [-0.39, 0.29) is 6.92 Å². The highest BCUT2D eigenvalue weighted by atomic mass is 31.3. The number of ether oxygens (including phenoxy) is 1. The van der Waals surface area contributed by atoms with Crippen LogP contribution < -0.4 is 25.9 Å². The van der Waals surface area contributed by atoms with Crippen molar-refractivity contribution in [1.29, 1.82) is 0 Å². The van der Waals surface area contributed by atoms with Crippen LogP contribution in [-0.2, 0) is 22.7 Å². The number of phosphoric acid groups is 1. The normalized spacial score (nSPS) is 29.8. The third-order valence-electron chi connectivity index (χ3n) is 4.21. The maximum atomic E-state index is 13.4. The first-order chi connectivity index (χ1) is 14.3. The number of H-pyrrole nitrogens is 1. The number of hydrogen-bond donors (Lipinski definition) is 6. The summed E-state index contributed by atoms with van der Waals surface area (Å²) in [5.41, 5.74) is -2.64. The molecule has 1 aromatic heterocycles. The van der Waals surface area contributed by atoms with E-state index in [2.05, 4.69) is 8.83 Å². The highest BCUT2D eigenvalue weighted by Gasteiger charge is 2.55. The van der Waals surface area contributed by atoms with E-state index >= 15 is 0 Å². The predicted octanol–water partition coefficient (Wildman–Crippen LogP) is -4.88. The minimum Gasteiger partial charge on any atom is -0.685 e. The van der Waals surface area contributed by atoms with Gasteiger partial charge in [-0.25, -0.2) is 13.7 Å². The van der Waals surface area contributed by atoms with Crippen molar-refractivity contribution in [2.75, 3.05) is 6.61 Å². The Labute approximate surface area is 176 Å². The summed E-state index contributed by atoms with van der Waals surface area (Å²) in [5.74, 6) is -1.46. The molecule has 3 unspecified atom stereocenters. The van der Waals surface area contributed by atoms with Crippen molar-refractivity contribution in [2.45, 2.75) is 36.5 Å². The summed E-state index contributed by atoms with van der Waals surface area (Å²) in [7, 11) is -18.0. The second kappa shape index (κ2) is 9.02. The highest BCUT2D eigenvalue weighted by molar-refractivity contribution is 7.76. The molecule has 0 aromatic carbocycles. The van der Waals surface area contributed by atoms with Gasteiger partial charge in [0, 0.05) is 6.92 Å². The zero-order chi connectivity index (χ0) is 24.9. The number of aromatic nitrogens is 2. The van der Waals surface area contributed by atoms with Crippen molar-refractivity contribution in [3.05, 3.63) is 32.9 Å². The van der Waals surface area contributed by atoms with Gasteiger partial charge in [0.05, 0.1) is 12.8 Å². The lowest BCUT2D eigenvalue weighted by molar-refractivity contribution is -0.438. The Morgan fingerprint density at radius 3 is 2.38 bits per heavy atom. The van der Waals surface area contributed by atoms with E-state index in [0.29, 0.717) is 10.8 Å². The van der Waals surface area contributed by atoms with E-state index in [0.717, 1.165) is 0 Å². The Bertz CT molecular complexity index is 1070. The third kappa shape index (κ3) is 5.41. The molecule has 0 spiro atoms. The SMILES string of the molecule is CC(O)(P(=O)(O)OP(=O)(O)OC[C@H]1O[C@@H](n2cc(F)c(=O)[nH]c2=O)[C@H](O)[C@@H]1O)[P+]([O-])([O-])[O-]. The van der Waals surface area contributed by atoms with Crippen LogP contribution in [0, 0.1) is 5.82 Å². The molecule has 21 heteroatoms. The topological polar surface area (TPSA) is 287 Å². The van der Waals surface area contributed by atoms with Gasteiger partial charge < -0.3 is 44.5 Å². The average molecular weight is 528 g/mol. The van der Waals surface area contributed by atoms with Crippen molar-refractivity contribution in [1.82, 2.24) is 9.55 Å². The molecule has 2 heterocycles. The van der Waals surface area contributed by atoms with Gasteiger partial charge in [-0.05, 0) is 0 Å². The van der Waals surface area contributed by atoms with Crippen molar-refractivity contribution >= 4 is 23.4 Å². The number of halogens is 1. The molecule has 0 radical (unpaired) electrons. The van der Waals surface area contributed by atoms with Crippen LogP contribution in [0.4, 0.5) is 4.39 Å². The number of hydrogen-bond acceptors (Lipinski definition) is 13. The molecule has 32 heavy (non-hydrogen) atoms. The standard InChI is InChI=1S/C11H18FN2O15P3/c1-11(19,30(20,21)22)31(23,24)29-32(25,26)27-3-5-6(15)7(16)9(28-5)14-2-4(12)8(17)13-10(14)18/h2,5-7,9,15-16,19H,3H2,1H3,(H,23,24)(H,25,26)(H,13,17,18)(H2,20,21,22)/p-2/t5-,6-,7-,9-,11?/m1/s1. The molecule has 0 aliphatic carbocycles. The second-order valence-electron chi connectivity index (χ2n) is 6.52. The monoisotopic (exact) mass is 528 g/mol. The Morgan fingerprint density at radius 1 is 1.28 bits per heavy atom. The summed E-state index contributed by atoms with van der Waals surface area (Å²) < 4.78 is 50.5. The Balaban J connectivity index is 2.14. The van der Waals surface area contributed by atoms with Gasteiger partial charge in [-0.3, -0.25) is 23.4 Å². The summed E-state index contributed by atoms with van der Waals surface area (Å²) in [6.07, 6.45) is -7.17. The molecule has 1 saturated heterocycles. The van der Waals surface area contributed by atoms with Crippen molar-refractivity contribution in [3.8, 4) is 0 Å². The fraction of sp³-hybridized carbons (Fsp3) is 0.636. The first-order valence-corrected chi connectivity index (χ1v) is 12.7. The molecule has 0 amide bonds. The Hall–Kier alpha value is -0.940. The summed E-state index contributed by atoms with van der Waals surface area (Å²) >= 11 is 0. The highest BCUT2D eigenvalue weighted by Crippen LogP contribution is 2.73. The molecule has 1 aliphatic heterocycles. The maximum absolute atomic E-state index is 13.4. The molecule has 7 atom stereocenters. The van der Waals surface area contributed by atoms with Crippen LogP contribution in [0.5, 0.6) is 0 Å². The number of nitrogens with zero attached hydrogens (tertiary/aromatic N) is 1. The van der Waals surface area contributed by atoms with E-state index in [1.807, 2.05) is 0 Å². The Morgan fingerprint density at radius 2 is 1.84 bits per heavy atom. The molecule has 0 bridgehead atoms. The largest absolute Gasteiger partial charge is 0.685 e. The maximum Gasteiger partial charge on any atom is 0.479 e. The summed E-state index contributed by atoms with van der Waals surface area (Å²) in [6.45, 7) is -1.17. The molecule has 0 saturated carbocycles. The minimum absolute atomic E-state index is 0.0421. The van der Waals surface area contributed by atoms with Gasteiger partial charge in [-0.15, -0.1) is 7.94 Å². The van der Waals surface area contributed by atoms with Crippen LogP contribution >= 0.6 is 23.4 Å². The molecular weight excluding hydrogens is 512 g/mol. The molecule has 2 rings (SSSR count). The van der Waals surface area contributed by atoms with Crippen molar-refractivity contribution in [3.63, 3.8) is 0 Å². The summed E-state index contributed by atoms with van der Waals surface area (Å²) in [5, 5.41) is 25.4. The molecule has 6 N–H and O–H groups in total. The minimum atomic E-state index is -6.24. The fourth-order valence-corrected chi connectivity index (χ4v) is 6.14. The summed E-state index contributed by atoms with van der Waals surface area (Å²) in [4.78, 5) is 76.1. The number of aliphatic hydroxyl groups is 3. The molecule has 1 aromatic rings. The van der Waals surface area contributed by atoms with E-state index in [1.54, 1.807) is 4.98 Å².